The van der Waals surface area contributed by atoms with E-state index in [1.807, 2.05) is 0 Å². The maximum Gasteiger partial charge on any atom is 4.00 e. The third-order valence-electron chi connectivity index (χ3n) is 5.03. The summed E-state index contributed by atoms with van der Waals surface area (Å²) in [6.45, 7) is 0. The number of halogens is 2. The average Bonchev–Trinajstić information content (AvgIpc) is 3.29. The van der Waals surface area contributed by atoms with Crippen LogP contribution >= 0.6 is 0 Å². The van der Waals surface area contributed by atoms with E-state index < -0.39 is 0 Å². The maximum atomic E-state index is 2.26. The third kappa shape index (κ3) is 6.24. The van der Waals surface area contributed by atoms with Crippen molar-refractivity contribution < 1.29 is 26.8 Å². The second-order valence-corrected chi connectivity index (χ2v) is 6.40. The zero-order valence-corrected chi connectivity index (χ0v) is 14.9. The zero-order valence-electron chi connectivity index (χ0n) is 13.6. The molecule has 0 aromatic heterocycles. The van der Waals surface area contributed by atoms with Crippen molar-refractivity contribution in [2.75, 3.05) is 0 Å². The van der Waals surface area contributed by atoms with Crippen molar-refractivity contribution in [3.63, 3.8) is 0 Å². The minimum absolute atomic E-state index is 0. The molecule has 0 radical (unpaired) electrons. The first kappa shape index (κ1) is 22.1. The van der Waals surface area contributed by atoms with Gasteiger partial charge in [0.25, 0.3) is 0 Å². The zero-order chi connectivity index (χ0) is 13.6. The van der Waals surface area contributed by atoms with Gasteiger partial charge in [0.05, 0.1) is 0 Å². The predicted molar refractivity (Wildman–Crippen MR) is 86.5 cm³/mol. The molecule has 4 rings (SSSR count). The van der Waals surface area contributed by atoms with Crippen molar-refractivity contribution >= 4 is 0 Å². The summed E-state index contributed by atoms with van der Waals surface area (Å²) >= 11 is 0. The van der Waals surface area contributed by atoms with Crippen molar-refractivity contribution in [3.05, 3.63) is 59.7 Å². The Balaban J connectivity index is 0.000000372. The molecule has 2 aromatic rings. The third-order valence-corrected chi connectivity index (χ3v) is 5.03. The Morgan fingerprint density at radius 3 is 1.04 bits per heavy atom. The van der Waals surface area contributed by atoms with Gasteiger partial charge in [-0.15, -0.1) is 0 Å². The molecular formula is C20H26CrF2. The number of rotatable bonds is 2. The van der Waals surface area contributed by atoms with Gasteiger partial charge in [0.1, 0.15) is 0 Å². The van der Waals surface area contributed by atoms with E-state index >= 15 is 0 Å². The molecule has 0 nitrogen and oxygen atoms in total. The van der Waals surface area contributed by atoms with E-state index in [1.165, 1.54) is 51.4 Å². The molecule has 0 atom stereocenters. The summed E-state index contributed by atoms with van der Waals surface area (Å²) in [6.07, 6.45) is 11.4. The summed E-state index contributed by atoms with van der Waals surface area (Å²) in [5.74, 6) is 1.80. The second-order valence-electron chi connectivity index (χ2n) is 6.40. The molecule has 2 aliphatic carbocycles. The van der Waals surface area contributed by atoms with Crippen molar-refractivity contribution in [1.82, 2.24) is 0 Å². The largest absolute Gasteiger partial charge is 4.00 e. The Labute approximate surface area is 149 Å². The van der Waals surface area contributed by atoms with E-state index in [0.29, 0.717) is 0 Å². The first-order valence-electron chi connectivity index (χ1n) is 8.37. The first-order valence-corrected chi connectivity index (χ1v) is 8.37. The van der Waals surface area contributed by atoms with E-state index in [9.17, 15) is 0 Å². The van der Waals surface area contributed by atoms with Crippen LogP contribution in [0.2, 0.25) is 0 Å². The molecule has 2 aliphatic rings. The van der Waals surface area contributed by atoms with Gasteiger partial charge >= 0.3 is 17.4 Å². The summed E-state index contributed by atoms with van der Waals surface area (Å²) in [6, 6.07) is 17.6. The Morgan fingerprint density at radius 2 is 0.783 bits per heavy atom. The molecular weight excluding hydrogens is 330 g/mol. The SMILES string of the molecule is [Cr+4].[F-].[F-].c1cc[c-](C2CCCC2)c1.c1cc[c-](C2CCCC2)c1. The van der Waals surface area contributed by atoms with E-state index in [0.717, 1.165) is 11.8 Å². The first-order chi connectivity index (χ1) is 9.93. The summed E-state index contributed by atoms with van der Waals surface area (Å²) in [4.78, 5) is 0. The van der Waals surface area contributed by atoms with Crippen LogP contribution in [0.5, 0.6) is 0 Å². The standard InChI is InChI=1S/2C10H13.Cr.2FH/c2*1-2-6-9(5-1)10-7-3-4-8-10;;;/h2*1-2,5-6,10H,3-4,7-8H2;;2*1H/q2*-1;+4;;/p-2. The monoisotopic (exact) mass is 356 g/mol. The molecule has 2 fully saturated rings. The Morgan fingerprint density at radius 1 is 0.522 bits per heavy atom. The van der Waals surface area contributed by atoms with Gasteiger partial charge in [-0.3, -0.25) is 0 Å². The van der Waals surface area contributed by atoms with Crippen LogP contribution in [-0.2, 0) is 17.4 Å². The van der Waals surface area contributed by atoms with Crippen LogP contribution in [0.1, 0.15) is 74.3 Å². The molecule has 0 saturated heterocycles. The van der Waals surface area contributed by atoms with Gasteiger partial charge in [-0.25, -0.2) is 24.3 Å². The van der Waals surface area contributed by atoms with Gasteiger partial charge in [-0.1, -0.05) is 63.2 Å². The summed E-state index contributed by atoms with van der Waals surface area (Å²) < 4.78 is 0. The summed E-state index contributed by atoms with van der Waals surface area (Å²) in [5.41, 5.74) is 3.13. The van der Waals surface area contributed by atoms with Crippen molar-refractivity contribution in [2.24, 2.45) is 0 Å². The fraction of sp³-hybridized carbons (Fsp3) is 0.500. The van der Waals surface area contributed by atoms with Crippen LogP contribution in [0.25, 0.3) is 0 Å². The van der Waals surface area contributed by atoms with E-state index in [1.54, 1.807) is 11.1 Å². The van der Waals surface area contributed by atoms with Gasteiger partial charge in [-0.2, -0.15) is 35.4 Å². The van der Waals surface area contributed by atoms with E-state index in [2.05, 4.69) is 48.5 Å². The molecule has 2 aromatic carbocycles. The molecule has 0 amide bonds. The van der Waals surface area contributed by atoms with Gasteiger partial charge in [0, 0.05) is 0 Å². The van der Waals surface area contributed by atoms with Gasteiger partial charge in [0.15, 0.2) is 0 Å². The van der Waals surface area contributed by atoms with Gasteiger partial charge in [0.2, 0.25) is 0 Å². The molecule has 23 heavy (non-hydrogen) atoms. The molecule has 0 heterocycles. The van der Waals surface area contributed by atoms with Crippen molar-refractivity contribution in [2.45, 2.75) is 63.2 Å². The fourth-order valence-corrected chi connectivity index (χ4v) is 3.84. The number of hydrogen-bond donors (Lipinski definition) is 0. The van der Waals surface area contributed by atoms with Crippen molar-refractivity contribution in [3.8, 4) is 0 Å². The molecule has 3 heteroatoms. The Kier molecular flexibility index (Phi) is 11.1. The Bertz CT molecular complexity index is 417. The van der Waals surface area contributed by atoms with Gasteiger partial charge in [-0.05, 0) is 0 Å². The van der Waals surface area contributed by atoms with Crippen LogP contribution in [-0.4, -0.2) is 0 Å². The molecule has 0 spiro atoms. The quantitative estimate of drug-likeness (QED) is 0.672. The smallest absolute Gasteiger partial charge is 1.00 e. The van der Waals surface area contributed by atoms with Gasteiger partial charge < -0.3 is 9.41 Å². The van der Waals surface area contributed by atoms with Crippen LogP contribution < -0.4 is 9.41 Å². The topological polar surface area (TPSA) is 0 Å². The van der Waals surface area contributed by atoms with Crippen LogP contribution in [0.15, 0.2) is 48.5 Å². The van der Waals surface area contributed by atoms with E-state index in [-0.39, 0.29) is 26.8 Å². The minimum Gasteiger partial charge on any atom is -1.00 e. The molecule has 0 N–H and O–H groups in total. The molecule has 0 unspecified atom stereocenters. The average molecular weight is 356 g/mol. The summed E-state index contributed by atoms with van der Waals surface area (Å²) in [5, 5.41) is 0. The van der Waals surface area contributed by atoms with Crippen molar-refractivity contribution in [1.29, 1.82) is 0 Å². The Hall–Kier alpha value is -0.908. The summed E-state index contributed by atoms with van der Waals surface area (Å²) in [7, 11) is 0. The van der Waals surface area contributed by atoms with Crippen LogP contribution in [0.3, 0.4) is 0 Å². The maximum absolute atomic E-state index is 2.26. The minimum atomic E-state index is 0. The fourth-order valence-electron chi connectivity index (χ4n) is 3.84. The normalized spacial score (nSPS) is 17.4. The second kappa shape index (κ2) is 11.6. The molecule has 126 valence electrons. The van der Waals surface area contributed by atoms with Crippen LogP contribution in [0.4, 0.5) is 0 Å². The molecule has 0 bridgehead atoms. The number of hydrogen-bond acceptors (Lipinski definition) is 0. The van der Waals surface area contributed by atoms with E-state index in [4.69, 9.17) is 0 Å². The molecule has 2 saturated carbocycles. The molecule has 0 aliphatic heterocycles. The predicted octanol–water partition coefficient (Wildman–Crippen LogP) is 0.132. The van der Waals surface area contributed by atoms with Crippen LogP contribution in [0, 0.1) is 0 Å².